The summed E-state index contributed by atoms with van der Waals surface area (Å²) in [5.74, 6) is -0.749. The minimum atomic E-state index is -1.24. The lowest BCUT2D eigenvalue weighted by molar-refractivity contribution is -0.134. The summed E-state index contributed by atoms with van der Waals surface area (Å²) in [5, 5.41) is 14.7. The molecule has 0 unspecified atom stereocenters. The van der Waals surface area contributed by atoms with Crippen LogP contribution in [0.15, 0.2) is 0 Å². The number of rotatable bonds is 9. The summed E-state index contributed by atoms with van der Waals surface area (Å²) in [7, 11) is 0. The van der Waals surface area contributed by atoms with Gasteiger partial charge in [-0.15, -0.1) is 0 Å². The van der Waals surface area contributed by atoms with Gasteiger partial charge in [-0.05, 0) is 12.8 Å². The lowest BCUT2D eigenvalue weighted by Crippen LogP contribution is -2.39. The zero-order valence-corrected chi connectivity index (χ0v) is 10.8. The molecule has 0 heterocycles. The molecule has 3 N–H and O–H groups in total. The van der Waals surface area contributed by atoms with Gasteiger partial charge in [-0.25, -0.2) is 0 Å². The van der Waals surface area contributed by atoms with Gasteiger partial charge in [0.15, 0.2) is 0 Å². The zero-order chi connectivity index (χ0) is 13.1. The zero-order valence-electron chi connectivity index (χ0n) is 10.8. The quantitative estimate of drug-likeness (QED) is 0.519. The molecule has 0 aliphatic carbocycles. The number of amides is 2. The highest BCUT2D eigenvalue weighted by Crippen LogP contribution is 1.93. The largest absolute Gasteiger partial charge is 0.383 e. The third-order valence-electron chi connectivity index (χ3n) is 2.36. The van der Waals surface area contributed by atoms with Crippen LogP contribution in [0.3, 0.4) is 0 Å². The predicted molar refractivity (Wildman–Crippen MR) is 66.5 cm³/mol. The first-order valence-electron chi connectivity index (χ1n) is 6.34. The van der Waals surface area contributed by atoms with E-state index in [1.165, 1.54) is 0 Å². The van der Waals surface area contributed by atoms with Crippen molar-refractivity contribution >= 4 is 11.8 Å². The Kier molecular flexibility index (Phi) is 9.43. The van der Waals surface area contributed by atoms with Crippen LogP contribution in [0.2, 0.25) is 0 Å². The van der Waals surface area contributed by atoms with E-state index in [1.807, 2.05) is 13.8 Å². The lowest BCUT2D eigenvalue weighted by atomic mass is 10.2. The van der Waals surface area contributed by atoms with Gasteiger partial charge in [-0.2, -0.15) is 0 Å². The molecule has 0 radical (unpaired) electrons. The molecule has 0 rings (SSSR count). The maximum atomic E-state index is 11.3. The molecule has 0 aliphatic heterocycles. The summed E-state index contributed by atoms with van der Waals surface area (Å²) in [4.78, 5) is 22.7. The Morgan fingerprint density at radius 3 is 2.12 bits per heavy atom. The maximum absolute atomic E-state index is 11.3. The normalized spacial score (nSPS) is 11.9. The third kappa shape index (κ3) is 8.68. The van der Waals surface area contributed by atoms with E-state index in [-0.39, 0.29) is 12.3 Å². The highest BCUT2D eigenvalue weighted by molar-refractivity contribution is 5.87. The molecule has 0 aromatic carbocycles. The predicted octanol–water partition coefficient (Wildman–Crippen LogP) is 0.570. The van der Waals surface area contributed by atoms with Gasteiger partial charge in [0.05, 0.1) is 6.42 Å². The van der Waals surface area contributed by atoms with Crippen molar-refractivity contribution in [1.82, 2.24) is 10.6 Å². The van der Waals surface area contributed by atoms with E-state index in [4.69, 9.17) is 0 Å². The fourth-order valence-electron chi connectivity index (χ4n) is 1.25. The summed E-state index contributed by atoms with van der Waals surface area (Å²) in [5.41, 5.74) is 0. The van der Waals surface area contributed by atoms with Gasteiger partial charge in [-0.1, -0.05) is 26.7 Å². The lowest BCUT2D eigenvalue weighted by Gasteiger charge is -2.11. The summed E-state index contributed by atoms with van der Waals surface area (Å²) in [6.45, 7) is 5.19. The Bertz CT molecular complexity index is 232. The molecule has 0 spiro atoms. The number of nitrogens with one attached hydrogen (secondary N) is 2. The van der Waals surface area contributed by atoms with Crippen molar-refractivity contribution < 1.29 is 14.7 Å². The molecule has 0 fully saturated rings. The van der Waals surface area contributed by atoms with Crippen LogP contribution in [0.4, 0.5) is 0 Å². The van der Waals surface area contributed by atoms with Crippen molar-refractivity contribution in [3.63, 3.8) is 0 Å². The molecule has 0 saturated heterocycles. The Hall–Kier alpha value is -1.10. The molecule has 0 aliphatic rings. The molecule has 5 nitrogen and oxygen atoms in total. The van der Waals surface area contributed by atoms with Gasteiger partial charge in [0, 0.05) is 13.1 Å². The first-order valence-corrected chi connectivity index (χ1v) is 6.34. The standard InChI is InChI=1S/C12H24N2O3/c1-3-5-7-13-11(16)9-10(15)12(17)14-8-6-4-2/h10,15H,3-9H2,1-2H3,(H,13,16)(H,14,17)/t10-/m1/s1. The highest BCUT2D eigenvalue weighted by atomic mass is 16.3. The van der Waals surface area contributed by atoms with Gasteiger partial charge in [-0.3, -0.25) is 9.59 Å². The van der Waals surface area contributed by atoms with Crippen molar-refractivity contribution in [3.05, 3.63) is 0 Å². The van der Waals surface area contributed by atoms with Gasteiger partial charge in [0.2, 0.25) is 11.8 Å². The number of carbonyl (C=O) groups excluding carboxylic acids is 2. The SMILES string of the molecule is CCCCNC(=O)C[C@@H](O)C(=O)NCCCC. The molecular weight excluding hydrogens is 220 g/mol. The second-order valence-corrected chi connectivity index (χ2v) is 4.07. The molecule has 100 valence electrons. The summed E-state index contributed by atoms with van der Waals surface area (Å²) >= 11 is 0. The minimum Gasteiger partial charge on any atom is -0.383 e. The Labute approximate surface area is 103 Å². The second-order valence-electron chi connectivity index (χ2n) is 4.07. The monoisotopic (exact) mass is 244 g/mol. The average molecular weight is 244 g/mol. The van der Waals surface area contributed by atoms with Crippen LogP contribution < -0.4 is 10.6 Å². The van der Waals surface area contributed by atoms with Crippen molar-refractivity contribution in [2.24, 2.45) is 0 Å². The van der Waals surface area contributed by atoms with Crippen LogP contribution in [0.1, 0.15) is 46.0 Å². The number of carbonyl (C=O) groups is 2. The molecule has 0 aromatic rings. The Morgan fingerprint density at radius 2 is 1.59 bits per heavy atom. The van der Waals surface area contributed by atoms with E-state index >= 15 is 0 Å². The van der Waals surface area contributed by atoms with Crippen molar-refractivity contribution in [2.45, 2.75) is 52.1 Å². The van der Waals surface area contributed by atoms with Gasteiger partial charge in [0.1, 0.15) is 6.10 Å². The summed E-state index contributed by atoms with van der Waals surface area (Å²) in [6.07, 6.45) is 2.36. The number of unbranched alkanes of at least 4 members (excludes halogenated alkanes) is 2. The van der Waals surface area contributed by atoms with Crippen LogP contribution in [-0.2, 0) is 9.59 Å². The number of hydrogen-bond donors (Lipinski definition) is 3. The minimum absolute atomic E-state index is 0.165. The van der Waals surface area contributed by atoms with Crippen LogP contribution in [-0.4, -0.2) is 36.1 Å². The van der Waals surface area contributed by atoms with E-state index in [0.29, 0.717) is 13.1 Å². The van der Waals surface area contributed by atoms with Gasteiger partial charge >= 0.3 is 0 Å². The van der Waals surface area contributed by atoms with Crippen LogP contribution in [0, 0.1) is 0 Å². The summed E-state index contributed by atoms with van der Waals surface area (Å²) < 4.78 is 0. The van der Waals surface area contributed by atoms with E-state index in [0.717, 1.165) is 25.7 Å². The molecular formula is C12H24N2O3. The number of hydrogen-bond acceptors (Lipinski definition) is 3. The smallest absolute Gasteiger partial charge is 0.249 e. The third-order valence-corrected chi connectivity index (χ3v) is 2.36. The molecule has 2 amide bonds. The number of aliphatic hydroxyl groups is 1. The Morgan fingerprint density at radius 1 is 1.06 bits per heavy atom. The van der Waals surface area contributed by atoms with Crippen molar-refractivity contribution in [3.8, 4) is 0 Å². The molecule has 0 aromatic heterocycles. The van der Waals surface area contributed by atoms with E-state index in [9.17, 15) is 14.7 Å². The fourth-order valence-corrected chi connectivity index (χ4v) is 1.25. The molecule has 0 bridgehead atoms. The van der Waals surface area contributed by atoms with E-state index in [1.54, 1.807) is 0 Å². The highest BCUT2D eigenvalue weighted by Gasteiger charge is 2.17. The fraction of sp³-hybridized carbons (Fsp3) is 0.833. The van der Waals surface area contributed by atoms with E-state index in [2.05, 4.69) is 10.6 Å². The Balaban J connectivity index is 3.71. The van der Waals surface area contributed by atoms with Gasteiger partial charge in [0.25, 0.3) is 0 Å². The number of aliphatic hydroxyl groups excluding tert-OH is 1. The average Bonchev–Trinajstić information content (AvgIpc) is 2.29. The molecule has 5 heteroatoms. The van der Waals surface area contributed by atoms with E-state index < -0.39 is 12.0 Å². The van der Waals surface area contributed by atoms with Crippen LogP contribution in [0.5, 0.6) is 0 Å². The molecule has 0 saturated carbocycles. The molecule has 1 atom stereocenters. The van der Waals surface area contributed by atoms with Crippen molar-refractivity contribution in [1.29, 1.82) is 0 Å². The topological polar surface area (TPSA) is 78.4 Å². The second kappa shape index (κ2) is 10.1. The first kappa shape index (κ1) is 15.9. The maximum Gasteiger partial charge on any atom is 0.249 e. The first-order chi connectivity index (χ1) is 8.11. The van der Waals surface area contributed by atoms with Crippen molar-refractivity contribution in [2.75, 3.05) is 13.1 Å². The van der Waals surface area contributed by atoms with Gasteiger partial charge < -0.3 is 15.7 Å². The van der Waals surface area contributed by atoms with Crippen LogP contribution in [0.25, 0.3) is 0 Å². The summed E-state index contributed by atoms with van der Waals surface area (Å²) in [6, 6.07) is 0. The molecule has 17 heavy (non-hydrogen) atoms. The van der Waals surface area contributed by atoms with Crippen LogP contribution >= 0.6 is 0 Å².